The van der Waals surface area contributed by atoms with Crippen LogP contribution in [0.15, 0.2) is 30.3 Å². The third-order valence-corrected chi connectivity index (χ3v) is 5.31. The van der Waals surface area contributed by atoms with Gasteiger partial charge in [-0.2, -0.15) is 0 Å². The standard InChI is InChI=1S/C18H18AsN3O2/c1-10-4-3-5-12(15(10)24-2)18(23)22-17-13(16(19)21-22)8-9-14(20-17)11-6-7-11/h3-5,8-9,11H,6-7,19H2,1-2H3. The molecule has 3 aromatic rings. The van der Waals surface area contributed by atoms with Crippen LogP contribution in [0.3, 0.4) is 0 Å². The number of aryl methyl sites for hydroxylation is 1. The van der Waals surface area contributed by atoms with Gasteiger partial charge >= 0.3 is 148 Å². The van der Waals surface area contributed by atoms with Crippen molar-refractivity contribution in [3.63, 3.8) is 0 Å². The number of nitrogens with zero attached hydrogens (tertiary/aromatic N) is 3. The van der Waals surface area contributed by atoms with Crippen LogP contribution in [-0.2, 0) is 0 Å². The van der Waals surface area contributed by atoms with Crippen LogP contribution in [0.25, 0.3) is 11.0 Å². The van der Waals surface area contributed by atoms with Crippen LogP contribution in [0.4, 0.5) is 0 Å². The molecule has 2 aromatic heterocycles. The summed E-state index contributed by atoms with van der Waals surface area (Å²) >= 11 is 1.39. The summed E-state index contributed by atoms with van der Waals surface area (Å²) in [6.45, 7) is 1.93. The average Bonchev–Trinajstić information content (AvgIpc) is 3.38. The van der Waals surface area contributed by atoms with Gasteiger partial charge in [-0.1, -0.05) is 0 Å². The number of pyridine rings is 1. The monoisotopic (exact) mass is 383 g/mol. The van der Waals surface area contributed by atoms with Crippen LogP contribution in [0.2, 0.25) is 0 Å². The normalized spacial score (nSPS) is 14.1. The molecule has 1 fully saturated rings. The van der Waals surface area contributed by atoms with Crippen molar-refractivity contribution in [2.75, 3.05) is 7.11 Å². The van der Waals surface area contributed by atoms with Crippen LogP contribution < -0.4 is 9.22 Å². The number of fused-ring (bicyclic) bond motifs is 1. The van der Waals surface area contributed by atoms with E-state index in [1.54, 1.807) is 13.2 Å². The Morgan fingerprint density at radius 3 is 2.79 bits per heavy atom. The summed E-state index contributed by atoms with van der Waals surface area (Å²) in [5, 5.41) is 5.41. The van der Waals surface area contributed by atoms with Gasteiger partial charge in [0.25, 0.3) is 0 Å². The van der Waals surface area contributed by atoms with Gasteiger partial charge in [0, 0.05) is 0 Å². The number of carbonyl (C=O) groups excluding carboxylic acids is 1. The number of carbonyl (C=O) groups is 1. The molecule has 24 heavy (non-hydrogen) atoms. The maximum atomic E-state index is 13.1. The van der Waals surface area contributed by atoms with Gasteiger partial charge in [-0.15, -0.1) is 0 Å². The number of methoxy groups -OCH3 is 1. The molecule has 0 amide bonds. The molecule has 0 radical (unpaired) electrons. The van der Waals surface area contributed by atoms with Crippen molar-refractivity contribution >= 4 is 38.3 Å². The predicted octanol–water partition coefficient (Wildman–Crippen LogP) is 1.57. The number of hydrogen-bond acceptors (Lipinski definition) is 4. The van der Waals surface area contributed by atoms with Crippen molar-refractivity contribution in [3.8, 4) is 5.75 Å². The summed E-state index contributed by atoms with van der Waals surface area (Å²) in [7, 11) is 1.58. The summed E-state index contributed by atoms with van der Waals surface area (Å²) in [5.41, 5.74) is 3.13. The molecule has 1 aliphatic rings. The van der Waals surface area contributed by atoms with Gasteiger partial charge in [0.05, 0.1) is 0 Å². The van der Waals surface area contributed by atoms with Gasteiger partial charge in [0.2, 0.25) is 0 Å². The molecule has 1 atom stereocenters. The van der Waals surface area contributed by atoms with Crippen molar-refractivity contribution in [2.24, 2.45) is 0 Å². The fourth-order valence-corrected chi connectivity index (χ4v) is 3.70. The molecule has 0 spiro atoms. The summed E-state index contributed by atoms with van der Waals surface area (Å²) in [6, 6.07) is 9.66. The molecule has 5 nitrogen and oxygen atoms in total. The second kappa shape index (κ2) is 5.74. The number of rotatable bonds is 3. The Kier molecular flexibility index (Phi) is 3.69. The molecule has 0 saturated heterocycles. The molecule has 1 aromatic carbocycles. The van der Waals surface area contributed by atoms with Gasteiger partial charge in [-0.05, 0) is 0 Å². The van der Waals surface area contributed by atoms with E-state index in [4.69, 9.17) is 9.72 Å². The van der Waals surface area contributed by atoms with Crippen LogP contribution in [-0.4, -0.2) is 44.6 Å². The molecular formula is C18H18AsN3O2. The molecule has 1 unspecified atom stereocenters. The van der Waals surface area contributed by atoms with Crippen LogP contribution >= 0.6 is 0 Å². The van der Waals surface area contributed by atoms with Crippen LogP contribution in [0, 0.1) is 6.92 Å². The first-order chi connectivity index (χ1) is 11.6. The fraction of sp³-hybridized carbons (Fsp3) is 0.278. The van der Waals surface area contributed by atoms with E-state index in [0.29, 0.717) is 22.9 Å². The Morgan fingerprint density at radius 2 is 2.08 bits per heavy atom. The van der Waals surface area contributed by atoms with Gasteiger partial charge in [0.1, 0.15) is 0 Å². The first kappa shape index (κ1) is 15.4. The van der Waals surface area contributed by atoms with Crippen molar-refractivity contribution in [1.82, 2.24) is 14.8 Å². The molecule has 122 valence electrons. The molecular weight excluding hydrogens is 365 g/mol. The Labute approximate surface area is 148 Å². The van der Waals surface area contributed by atoms with Gasteiger partial charge < -0.3 is 0 Å². The molecule has 1 saturated carbocycles. The van der Waals surface area contributed by atoms with Gasteiger partial charge in [-0.3, -0.25) is 0 Å². The van der Waals surface area contributed by atoms with E-state index < -0.39 is 0 Å². The third kappa shape index (κ3) is 2.44. The van der Waals surface area contributed by atoms with Crippen molar-refractivity contribution in [3.05, 3.63) is 47.2 Å². The topological polar surface area (TPSA) is 57.0 Å². The predicted molar refractivity (Wildman–Crippen MR) is 95.1 cm³/mol. The quantitative estimate of drug-likeness (QED) is 0.645. The molecule has 1 aliphatic carbocycles. The van der Waals surface area contributed by atoms with Crippen molar-refractivity contribution in [1.29, 1.82) is 0 Å². The average molecular weight is 383 g/mol. The summed E-state index contributed by atoms with van der Waals surface area (Å²) in [4.78, 5) is 17.8. The summed E-state index contributed by atoms with van der Waals surface area (Å²) in [6.07, 6.45) is 2.35. The summed E-state index contributed by atoms with van der Waals surface area (Å²) < 4.78 is 7.73. The Balaban J connectivity index is 1.88. The second-order valence-corrected chi connectivity index (χ2v) is 7.29. The SMILES string of the molecule is COc1c(C)cccc1C(=O)n1nc([AsH2])c2ccc(C3CC3)nc21. The van der Waals surface area contributed by atoms with E-state index >= 15 is 0 Å². The van der Waals surface area contributed by atoms with Gasteiger partial charge in [-0.25, -0.2) is 0 Å². The minimum atomic E-state index is -0.204. The molecule has 6 heteroatoms. The Bertz CT molecular complexity index is 960. The first-order valence-electron chi connectivity index (χ1n) is 7.93. The zero-order valence-electron chi connectivity index (χ0n) is 13.6. The fourth-order valence-electron chi connectivity index (χ4n) is 2.99. The van der Waals surface area contributed by atoms with Crippen molar-refractivity contribution < 1.29 is 9.53 Å². The number of hydrogen-bond donors (Lipinski definition) is 0. The molecule has 0 aliphatic heterocycles. The third-order valence-electron chi connectivity index (χ3n) is 4.42. The van der Waals surface area contributed by atoms with E-state index in [9.17, 15) is 4.79 Å². The molecule has 4 rings (SSSR count). The van der Waals surface area contributed by atoms with Crippen LogP contribution in [0.1, 0.15) is 40.4 Å². The van der Waals surface area contributed by atoms with E-state index in [-0.39, 0.29) is 5.91 Å². The molecule has 2 heterocycles. The van der Waals surface area contributed by atoms with E-state index in [0.717, 1.165) is 21.1 Å². The minimum absolute atomic E-state index is 0.204. The maximum absolute atomic E-state index is 13.1. The number of ether oxygens (including phenoxy) is 1. The van der Waals surface area contributed by atoms with E-state index in [1.165, 1.54) is 34.4 Å². The second-order valence-electron chi connectivity index (χ2n) is 6.14. The number of para-hydroxylation sites is 1. The zero-order chi connectivity index (χ0) is 16.8. The van der Waals surface area contributed by atoms with Crippen LogP contribution in [0.5, 0.6) is 5.75 Å². The van der Waals surface area contributed by atoms with Crippen molar-refractivity contribution in [2.45, 2.75) is 25.7 Å². The first-order valence-corrected chi connectivity index (χ1v) is 9.14. The van der Waals surface area contributed by atoms with E-state index in [1.807, 2.05) is 25.1 Å². The summed E-state index contributed by atoms with van der Waals surface area (Å²) in [5.74, 6) is 0.921. The Morgan fingerprint density at radius 1 is 1.29 bits per heavy atom. The number of aromatic nitrogens is 3. The molecule has 0 bridgehead atoms. The van der Waals surface area contributed by atoms with Gasteiger partial charge in [0.15, 0.2) is 0 Å². The Hall–Kier alpha value is -2.13. The number of benzene rings is 1. The molecule has 0 N–H and O–H groups in total. The zero-order valence-corrected chi connectivity index (χ0v) is 16.0. The van der Waals surface area contributed by atoms with E-state index in [2.05, 4.69) is 11.2 Å².